The molecule has 0 unspecified atom stereocenters. The maximum atomic E-state index is 5.84. The Kier molecular flexibility index (Phi) is 3.38. The molecule has 2 heteroatoms. The fourth-order valence-corrected chi connectivity index (χ4v) is 2.24. The van der Waals surface area contributed by atoms with Crippen LogP contribution < -0.4 is 4.74 Å². The van der Waals surface area contributed by atoms with Crippen LogP contribution in [0.25, 0.3) is 10.8 Å². The lowest BCUT2D eigenvalue weighted by molar-refractivity contribution is 0.461. The lowest BCUT2D eigenvalue weighted by Gasteiger charge is -2.18. The lowest BCUT2D eigenvalue weighted by Crippen LogP contribution is -2.11. The summed E-state index contributed by atoms with van der Waals surface area (Å²) in [6.45, 7) is 6.52. The molecule has 0 aliphatic rings. The molecule has 21 heavy (non-hydrogen) atoms. The molecule has 0 atom stereocenters. The molecule has 3 rings (SSSR count). The molecule has 0 radical (unpaired) electrons. The minimum absolute atomic E-state index is 0.106. The second kappa shape index (κ2) is 5.21. The molecule has 0 aliphatic carbocycles. The van der Waals surface area contributed by atoms with E-state index < -0.39 is 0 Å². The fourth-order valence-electron chi connectivity index (χ4n) is 2.24. The number of nitrogens with zero attached hydrogens (tertiary/aromatic N) is 1. The first-order valence-electron chi connectivity index (χ1n) is 7.15. The van der Waals surface area contributed by atoms with E-state index in [-0.39, 0.29) is 5.41 Å². The van der Waals surface area contributed by atoms with Crippen LogP contribution in [0.5, 0.6) is 11.6 Å². The molecule has 3 aromatic rings. The standard InChI is InChI=1S/C19H19NO/c1-19(2,3)16-9-11-18(20-13-16)21-17-10-8-14-6-4-5-7-15(14)12-17/h4-13H,1-3H3. The quantitative estimate of drug-likeness (QED) is 0.632. The minimum Gasteiger partial charge on any atom is -0.439 e. The second-order valence-electron chi connectivity index (χ2n) is 6.25. The van der Waals surface area contributed by atoms with Crippen molar-refractivity contribution in [1.82, 2.24) is 4.98 Å². The van der Waals surface area contributed by atoms with E-state index >= 15 is 0 Å². The summed E-state index contributed by atoms with van der Waals surface area (Å²) in [4.78, 5) is 4.40. The van der Waals surface area contributed by atoms with Gasteiger partial charge in [0.15, 0.2) is 0 Å². The van der Waals surface area contributed by atoms with Crippen molar-refractivity contribution in [2.45, 2.75) is 26.2 Å². The van der Waals surface area contributed by atoms with Gasteiger partial charge in [-0.15, -0.1) is 0 Å². The Hall–Kier alpha value is -2.35. The molecule has 0 bridgehead atoms. The summed E-state index contributed by atoms with van der Waals surface area (Å²) >= 11 is 0. The van der Waals surface area contributed by atoms with Gasteiger partial charge in [0, 0.05) is 12.3 Å². The van der Waals surface area contributed by atoms with Crippen LogP contribution in [0.1, 0.15) is 26.3 Å². The average Bonchev–Trinajstić information content (AvgIpc) is 2.47. The van der Waals surface area contributed by atoms with Gasteiger partial charge in [-0.05, 0) is 33.9 Å². The third-order valence-electron chi connectivity index (χ3n) is 3.55. The van der Waals surface area contributed by atoms with E-state index in [2.05, 4.69) is 50.0 Å². The van der Waals surface area contributed by atoms with Crippen molar-refractivity contribution in [2.75, 3.05) is 0 Å². The van der Waals surface area contributed by atoms with Crippen LogP contribution in [0, 0.1) is 0 Å². The van der Waals surface area contributed by atoms with Crippen LogP contribution in [0.2, 0.25) is 0 Å². The number of rotatable bonds is 2. The zero-order chi connectivity index (χ0) is 14.9. The smallest absolute Gasteiger partial charge is 0.219 e. The van der Waals surface area contributed by atoms with Gasteiger partial charge in [-0.2, -0.15) is 0 Å². The highest BCUT2D eigenvalue weighted by molar-refractivity contribution is 5.83. The van der Waals surface area contributed by atoms with E-state index in [0.29, 0.717) is 5.88 Å². The van der Waals surface area contributed by atoms with Crippen molar-refractivity contribution in [3.05, 3.63) is 66.4 Å². The molecule has 0 N–H and O–H groups in total. The van der Waals surface area contributed by atoms with E-state index in [1.54, 1.807) is 0 Å². The highest BCUT2D eigenvalue weighted by Crippen LogP contribution is 2.26. The Morgan fingerprint density at radius 2 is 1.62 bits per heavy atom. The van der Waals surface area contributed by atoms with Crippen LogP contribution in [0.3, 0.4) is 0 Å². The molecule has 0 fully saturated rings. The van der Waals surface area contributed by atoms with Gasteiger partial charge in [0.2, 0.25) is 5.88 Å². The van der Waals surface area contributed by atoms with Crippen LogP contribution >= 0.6 is 0 Å². The Bertz CT molecular complexity index is 754. The van der Waals surface area contributed by atoms with E-state index in [0.717, 1.165) is 5.75 Å². The predicted octanol–water partition coefficient (Wildman–Crippen LogP) is 5.32. The molecule has 0 spiro atoms. The predicted molar refractivity (Wildman–Crippen MR) is 87.0 cm³/mol. The molecule has 0 saturated carbocycles. The Morgan fingerprint density at radius 1 is 0.857 bits per heavy atom. The lowest BCUT2D eigenvalue weighted by atomic mass is 9.88. The molecule has 106 valence electrons. The number of benzene rings is 2. The van der Waals surface area contributed by atoms with Crippen molar-refractivity contribution in [3.63, 3.8) is 0 Å². The van der Waals surface area contributed by atoms with Gasteiger partial charge >= 0.3 is 0 Å². The largest absolute Gasteiger partial charge is 0.439 e. The van der Waals surface area contributed by atoms with E-state index in [4.69, 9.17) is 4.74 Å². The molecule has 2 aromatic carbocycles. The topological polar surface area (TPSA) is 22.1 Å². The van der Waals surface area contributed by atoms with Crippen molar-refractivity contribution >= 4 is 10.8 Å². The first-order chi connectivity index (χ1) is 10.0. The van der Waals surface area contributed by atoms with Gasteiger partial charge in [-0.1, -0.05) is 57.2 Å². The Morgan fingerprint density at radius 3 is 2.29 bits per heavy atom. The summed E-state index contributed by atoms with van der Waals surface area (Å²) in [5.41, 5.74) is 1.31. The SMILES string of the molecule is CC(C)(C)c1ccc(Oc2ccc3ccccc3c2)nc1. The number of fused-ring (bicyclic) bond motifs is 1. The summed E-state index contributed by atoms with van der Waals surface area (Å²) in [7, 11) is 0. The van der Waals surface area contributed by atoms with Gasteiger partial charge < -0.3 is 4.74 Å². The molecular weight excluding hydrogens is 258 g/mol. The molecular formula is C19H19NO. The summed E-state index contributed by atoms with van der Waals surface area (Å²) < 4.78 is 5.84. The Balaban J connectivity index is 1.84. The third kappa shape index (κ3) is 3.05. The number of aromatic nitrogens is 1. The number of hydrogen-bond acceptors (Lipinski definition) is 2. The van der Waals surface area contributed by atoms with Gasteiger partial charge in [-0.3, -0.25) is 0 Å². The van der Waals surface area contributed by atoms with Gasteiger partial charge in [0.1, 0.15) is 5.75 Å². The average molecular weight is 277 g/mol. The van der Waals surface area contributed by atoms with Gasteiger partial charge in [0.05, 0.1) is 0 Å². The van der Waals surface area contributed by atoms with Crippen molar-refractivity contribution in [1.29, 1.82) is 0 Å². The highest BCUT2D eigenvalue weighted by atomic mass is 16.5. The number of ether oxygens (including phenoxy) is 1. The van der Waals surface area contributed by atoms with Crippen LogP contribution in [-0.4, -0.2) is 4.98 Å². The number of hydrogen-bond donors (Lipinski definition) is 0. The zero-order valence-electron chi connectivity index (χ0n) is 12.6. The van der Waals surface area contributed by atoms with E-state index in [9.17, 15) is 0 Å². The third-order valence-corrected chi connectivity index (χ3v) is 3.55. The molecule has 0 amide bonds. The summed E-state index contributed by atoms with van der Waals surface area (Å²) in [5, 5.41) is 2.38. The molecule has 2 nitrogen and oxygen atoms in total. The summed E-state index contributed by atoms with van der Waals surface area (Å²) in [6.07, 6.45) is 1.89. The maximum Gasteiger partial charge on any atom is 0.219 e. The Labute approximate surface area is 125 Å². The summed E-state index contributed by atoms with van der Waals surface area (Å²) in [6, 6.07) is 18.3. The van der Waals surface area contributed by atoms with Crippen molar-refractivity contribution in [2.24, 2.45) is 0 Å². The molecule has 1 aromatic heterocycles. The molecule has 0 saturated heterocycles. The first kappa shape index (κ1) is 13.6. The van der Waals surface area contributed by atoms with Crippen molar-refractivity contribution < 1.29 is 4.74 Å². The molecule has 1 heterocycles. The fraction of sp³-hybridized carbons (Fsp3) is 0.211. The van der Waals surface area contributed by atoms with E-state index in [1.807, 2.05) is 36.5 Å². The minimum atomic E-state index is 0.106. The first-order valence-corrected chi connectivity index (χ1v) is 7.15. The van der Waals surface area contributed by atoms with E-state index in [1.165, 1.54) is 16.3 Å². The second-order valence-corrected chi connectivity index (χ2v) is 6.25. The maximum absolute atomic E-state index is 5.84. The monoisotopic (exact) mass is 277 g/mol. The van der Waals surface area contributed by atoms with Crippen LogP contribution in [-0.2, 0) is 5.41 Å². The molecule has 0 aliphatic heterocycles. The highest BCUT2D eigenvalue weighted by Gasteiger charge is 2.13. The van der Waals surface area contributed by atoms with Crippen molar-refractivity contribution in [3.8, 4) is 11.6 Å². The van der Waals surface area contributed by atoms with Gasteiger partial charge in [-0.25, -0.2) is 4.98 Å². The normalized spacial score (nSPS) is 11.6. The number of pyridine rings is 1. The summed E-state index contributed by atoms with van der Waals surface area (Å²) in [5.74, 6) is 1.43. The zero-order valence-corrected chi connectivity index (χ0v) is 12.6. The van der Waals surface area contributed by atoms with Crippen LogP contribution in [0.4, 0.5) is 0 Å². The van der Waals surface area contributed by atoms with Crippen LogP contribution in [0.15, 0.2) is 60.8 Å². The van der Waals surface area contributed by atoms with Gasteiger partial charge in [0.25, 0.3) is 0 Å².